The van der Waals surface area contributed by atoms with Crippen LogP contribution in [0.5, 0.6) is 0 Å². The molecule has 6 heteroatoms. The van der Waals surface area contributed by atoms with E-state index in [-0.39, 0.29) is 5.41 Å². The summed E-state index contributed by atoms with van der Waals surface area (Å²) >= 11 is 5.35. The molecule has 0 radical (unpaired) electrons. The third kappa shape index (κ3) is 4.34. The van der Waals surface area contributed by atoms with E-state index >= 15 is 0 Å². The van der Waals surface area contributed by atoms with Crippen molar-refractivity contribution in [2.24, 2.45) is 5.10 Å². The minimum absolute atomic E-state index is 0.111. The van der Waals surface area contributed by atoms with Gasteiger partial charge in [0.05, 0.1) is 6.21 Å². The molecule has 0 bridgehead atoms. The van der Waals surface area contributed by atoms with Gasteiger partial charge in [0, 0.05) is 25.3 Å². The van der Waals surface area contributed by atoms with E-state index in [1.165, 1.54) is 5.56 Å². The van der Waals surface area contributed by atoms with Crippen LogP contribution in [0.2, 0.25) is 0 Å². The van der Waals surface area contributed by atoms with E-state index in [4.69, 9.17) is 12.2 Å². The number of anilines is 1. The van der Waals surface area contributed by atoms with E-state index in [2.05, 4.69) is 77.4 Å². The monoisotopic (exact) mass is 379 g/mol. The predicted octanol–water partition coefficient (Wildman–Crippen LogP) is 4.85. The zero-order valence-corrected chi connectivity index (χ0v) is 17.2. The van der Waals surface area contributed by atoms with E-state index in [1.54, 1.807) is 10.9 Å². The highest BCUT2D eigenvalue weighted by Crippen LogP contribution is 2.25. The molecule has 0 aliphatic carbocycles. The zero-order valence-electron chi connectivity index (χ0n) is 16.4. The van der Waals surface area contributed by atoms with Crippen molar-refractivity contribution in [1.82, 2.24) is 14.9 Å². The van der Waals surface area contributed by atoms with Crippen LogP contribution in [0.3, 0.4) is 0 Å². The number of nitrogens with zero attached hydrogens (tertiary/aromatic N) is 4. The van der Waals surface area contributed by atoms with Crippen LogP contribution in [-0.4, -0.2) is 35.2 Å². The second kappa shape index (κ2) is 7.48. The molecule has 27 heavy (non-hydrogen) atoms. The van der Waals surface area contributed by atoms with Crippen LogP contribution in [0.25, 0.3) is 11.4 Å². The third-order valence-electron chi connectivity index (χ3n) is 4.39. The summed E-state index contributed by atoms with van der Waals surface area (Å²) in [5, 5.41) is 11.7. The van der Waals surface area contributed by atoms with E-state index in [1.807, 2.05) is 26.2 Å². The van der Waals surface area contributed by atoms with Gasteiger partial charge in [0.15, 0.2) is 5.82 Å². The zero-order chi connectivity index (χ0) is 19.6. The first-order valence-electron chi connectivity index (χ1n) is 8.86. The number of aromatic amines is 1. The Morgan fingerprint density at radius 2 is 1.67 bits per heavy atom. The second-order valence-electron chi connectivity index (χ2n) is 7.72. The van der Waals surface area contributed by atoms with Crippen LogP contribution in [0.1, 0.15) is 31.9 Å². The van der Waals surface area contributed by atoms with Crippen molar-refractivity contribution in [1.29, 1.82) is 0 Å². The lowest BCUT2D eigenvalue weighted by molar-refractivity contribution is 0.590. The van der Waals surface area contributed by atoms with Crippen molar-refractivity contribution < 1.29 is 0 Å². The third-order valence-corrected chi connectivity index (χ3v) is 4.66. The molecule has 1 heterocycles. The van der Waals surface area contributed by atoms with Gasteiger partial charge in [0.2, 0.25) is 4.77 Å². The number of benzene rings is 2. The van der Waals surface area contributed by atoms with E-state index < -0.39 is 0 Å². The molecule has 0 amide bonds. The summed E-state index contributed by atoms with van der Waals surface area (Å²) in [5.74, 6) is 0.696. The Morgan fingerprint density at radius 1 is 1.04 bits per heavy atom. The van der Waals surface area contributed by atoms with Crippen molar-refractivity contribution in [3.8, 4) is 11.4 Å². The first kappa shape index (κ1) is 19.0. The van der Waals surface area contributed by atoms with Gasteiger partial charge < -0.3 is 4.90 Å². The Hall–Kier alpha value is -2.73. The maximum atomic E-state index is 5.35. The van der Waals surface area contributed by atoms with Crippen LogP contribution >= 0.6 is 12.2 Å². The molecule has 0 atom stereocenters. The number of H-pyrrole nitrogens is 1. The highest BCUT2D eigenvalue weighted by molar-refractivity contribution is 7.71. The fraction of sp³-hybridized carbons (Fsp3) is 0.286. The van der Waals surface area contributed by atoms with Gasteiger partial charge in [0.1, 0.15) is 0 Å². The fourth-order valence-electron chi connectivity index (χ4n) is 2.69. The van der Waals surface area contributed by atoms with E-state index in [9.17, 15) is 0 Å². The predicted molar refractivity (Wildman–Crippen MR) is 115 cm³/mol. The van der Waals surface area contributed by atoms with Crippen molar-refractivity contribution in [3.05, 3.63) is 64.4 Å². The summed E-state index contributed by atoms with van der Waals surface area (Å²) in [6.07, 6.45) is 1.79. The Bertz CT molecular complexity index is 987. The van der Waals surface area contributed by atoms with Gasteiger partial charge in [-0.25, -0.2) is 5.10 Å². The molecule has 140 valence electrons. The van der Waals surface area contributed by atoms with Crippen molar-refractivity contribution in [3.63, 3.8) is 0 Å². The molecule has 1 N–H and O–H groups in total. The smallest absolute Gasteiger partial charge is 0.216 e. The molecule has 5 nitrogen and oxygen atoms in total. The Balaban J connectivity index is 1.90. The minimum atomic E-state index is 0.111. The summed E-state index contributed by atoms with van der Waals surface area (Å²) in [5.41, 5.74) is 4.50. The van der Waals surface area contributed by atoms with Crippen LogP contribution in [0, 0.1) is 4.77 Å². The SMILES string of the molecule is CN(C)c1ccc(/C=N\n2c(-c3ccc(C(C)(C)C)cc3)n[nH]c2=S)cc1. The summed E-state index contributed by atoms with van der Waals surface area (Å²) in [6, 6.07) is 16.5. The molecule has 0 aliphatic heterocycles. The van der Waals surface area contributed by atoms with Gasteiger partial charge >= 0.3 is 0 Å². The lowest BCUT2D eigenvalue weighted by Crippen LogP contribution is -2.10. The molecule has 1 aromatic heterocycles. The maximum Gasteiger partial charge on any atom is 0.216 e. The van der Waals surface area contributed by atoms with Crippen LogP contribution in [-0.2, 0) is 5.41 Å². The fourth-order valence-corrected chi connectivity index (χ4v) is 2.87. The van der Waals surface area contributed by atoms with Gasteiger partial charge in [-0.05, 0) is 40.9 Å². The molecule has 0 saturated carbocycles. The van der Waals surface area contributed by atoms with Crippen LogP contribution < -0.4 is 4.90 Å². The van der Waals surface area contributed by atoms with Gasteiger partial charge in [0.25, 0.3) is 0 Å². The first-order valence-corrected chi connectivity index (χ1v) is 9.26. The molecule has 3 aromatic rings. The normalized spacial score (nSPS) is 11.9. The maximum absolute atomic E-state index is 5.35. The Kier molecular flexibility index (Phi) is 5.28. The Labute approximate surface area is 165 Å². The van der Waals surface area contributed by atoms with Crippen molar-refractivity contribution in [2.75, 3.05) is 19.0 Å². The first-order chi connectivity index (χ1) is 12.8. The largest absolute Gasteiger partial charge is 0.378 e. The standard InChI is InChI=1S/C21H25N5S/c1-21(2,3)17-10-8-16(9-11-17)19-23-24-20(27)26(19)22-14-15-6-12-18(13-7-15)25(4)5/h6-14H,1-5H3,(H,24,27)/b22-14-. The summed E-state index contributed by atoms with van der Waals surface area (Å²) in [4.78, 5) is 2.06. The van der Waals surface area contributed by atoms with Crippen LogP contribution in [0.4, 0.5) is 5.69 Å². The molecule has 0 fully saturated rings. The lowest BCUT2D eigenvalue weighted by Gasteiger charge is -2.18. The number of hydrogen-bond donors (Lipinski definition) is 1. The molecule has 2 aromatic carbocycles. The quantitative estimate of drug-likeness (QED) is 0.520. The highest BCUT2D eigenvalue weighted by Gasteiger charge is 2.14. The topological polar surface area (TPSA) is 49.2 Å². The number of nitrogens with one attached hydrogen (secondary N) is 1. The summed E-state index contributed by atoms with van der Waals surface area (Å²) in [7, 11) is 4.04. The number of aromatic nitrogens is 3. The molecule has 0 unspecified atom stereocenters. The number of rotatable bonds is 4. The van der Waals surface area contributed by atoms with Crippen molar-refractivity contribution in [2.45, 2.75) is 26.2 Å². The van der Waals surface area contributed by atoms with Crippen LogP contribution in [0.15, 0.2) is 53.6 Å². The highest BCUT2D eigenvalue weighted by atomic mass is 32.1. The Morgan fingerprint density at radius 3 is 2.22 bits per heavy atom. The van der Waals surface area contributed by atoms with Gasteiger partial charge in [-0.2, -0.15) is 14.9 Å². The molecule has 3 rings (SSSR count). The summed E-state index contributed by atoms with van der Waals surface area (Å²) in [6.45, 7) is 6.60. The van der Waals surface area contributed by atoms with Gasteiger partial charge in [-0.15, -0.1) is 0 Å². The van der Waals surface area contributed by atoms with E-state index in [0.29, 0.717) is 10.6 Å². The molecule has 0 spiro atoms. The summed E-state index contributed by atoms with van der Waals surface area (Å²) < 4.78 is 2.12. The number of hydrogen-bond acceptors (Lipinski definition) is 4. The lowest BCUT2D eigenvalue weighted by atomic mass is 9.87. The van der Waals surface area contributed by atoms with Crippen molar-refractivity contribution >= 4 is 24.1 Å². The van der Waals surface area contributed by atoms with E-state index in [0.717, 1.165) is 16.8 Å². The molecular formula is C21H25N5S. The van der Waals surface area contributed by atoms with Gasteiger partial charge in [-0.3, -0.25) is 0 Å². The van der Waals surface area contributed by atoms with Gasteiger partial charge in [-0.1, -0.05) is 57.2 Å². The average molecular weight is 380 g/mol. The molecular weight excluding hydrogens is 354 g/mol. The average Bonchev–Trinajstić information content (AvgIpc) is 3.00. The molecule has 0 aliphatic rings. The molecule has 0 saturated heterocycles. The second-order valence-corrected chi connectivity index (χ2v) is 8.11. The minimum Gasteiger partial charge on any atom is -0.378 e.